The van der Waals surface area contributed by atoms with E-state index in [1.807, 2.05) is 0 Å². The number of carbonyl (C=O) groups is 1. The van der Waals surface area contributed by atoms with Gasteiger partial charge < -0.3 is 15.0 Å². The molecule has 0 radical (unpaired) electrons. The van der Waals surface area contributed by atoms with Crippen LogP contribution in [0.5, 0.6) is 0 Å². The number of rotatable bonds is 4. The highest BCUT2D eigenvalue weighted by Gasteiger charge is 2.37. The summed E-state index contributed by atoms with van der Waals surface area (Å²) in [5.41, 5.74) is -0.284. The van der Waals surface area contributed by atoms with Crippen molar-refractivity contribution in [1.29, 1.82) is 0 Å². The lowest BCUT2D eigenvalue weighted by molar-refractivity contribution is 0.0475. The SMILES string of the molecule is Cc1nc(C(=O)NCC2(c3ccccc3F)CCOCC2)cc(=O)[nH]1. The highest BCUT2D eigenvalue weighted by atomic mass is 19.1. The van der Waals surface area contributed by atoms with Gasteiger partial charge in [0.2, 0.25) is 0 Å². The molecule has 7 heteroatoms. The molecule has 1 fully saturated rings. The Morgan fingerprint density at radius 2 is 2.08 bits per heavy atom. The van der Waals surface area contributed by atoms with Gasteiger partial charge in [0.15, 0.2) is 0 Å². The summed E-state index contributed by atoms with van der Waals surface area (Å²) in [6, 6.07) is 7.77. The molecule has 1 aliphatic rings. The summed E-state index contributed by atoms with van der Waals surface area (Å²) in [6.45, 7) is 2.88. The number of carbonyl (C=O) groups excluding carboxylic acids is 1. The quantitative estimate of drug-likeness (QED) is 0.883. The average molecular weight is 345 g/mol. The molecular formula is C18H20FN3O3. The molecule has 0 unspecified atom stereocenters. The average Bonchev–Trinajstić information content (AvgIpc) is 2.60. The molecule has 2 aromatic rings. The highest BCUT2D eigenvalue weighted by molar-refractivity contribution is 5.92. The summed E-state index contributed by atoms with van der Waals surface area (Å²) >= 11 is 0. The molecule has 1 aliphatic heterocycles. The molecule has 6 nitrogen and oxygen atoms in total. The lowest BCUT2D eigenvalue weighted by atomic mass is 9.74. The third kappa shape index (κ3) is 3.76. The van der Waals surface area contributed by atoms with E-state index in [2.05, 4.69) is 15.3 Å². The van der Waals surface area contributed by atoms with Gasteiger partial charge in [-0.1, -0.05) is 18.2 Å². The summed E-state index contributed by atoms with van der Waals surface area (Å²) in [5.74, 6) is -0.368. The van der Waals surface area contributed by atoms with E-state index in [1.54, 1.807) is 25.1 Å². The number of halogens is 1. The molecule has 132 valence electrons. The smallest absolute Gasteiger partial charge is 0.270 e. The topological polar surface area (TPSA) is 84.1 Å². The Balaban J connectivity index is 1.83. The van der Waals surface area contributed by atoms with Crippen molar-refractivity contribution in [2.75, 3.05) is 19.8 Å². The Bertz CT molecular complexity index is 828. The van der Waals surface area contributed by atoms with Gasteiger partial charge in [-0.2, -0.15) is 0 Å². The molecule has 0 bridgehead atoms. The second kappa shape index (κ2) is 7.14. The van der Waals surface area contributed by atoms with Gasteiger partial charge in [0.05, 0.1) is 0 Å². The van der Waals surface area contributed by atoms with Crippen LogP contribution in [0, 0.1) is 12.7 Å². The van der Waals surface area contributed by atoms with Crippen LogP contribution in [0.2, 0.25) is 0 Å². The molecule has 1 saturated heterocycles. The first-order chi connectivity index (χ1) is 12.0. The van der Waals surface area contributed by atoms with Gasteiger partial charge in [-0.3, -0.25) is 9.59 Å². The van der Waals surface area contributed by atoms with Crippen LogP contribution in [0.1, 0.15) is 34.7 Å². The first-order valence-electron chi connectivity index (χ1n) is 8.19. The molecule has 25 heavy (non-hydrogen) atoms. The van der Waals surface area contributed by atoms with Crippen molar-refractivity contribution in [3.05, 3.63) is 63.6 Å². The standard InChI is InChI=1S/C18H20FN3O3/c1-12-21-15(10-16(23)22-12)17(24)20-11-18(6-8-25-9-7-18)13-4-2-3-5-14(13)19/h2-5,10H,6-9,11H2,1H3,(H,20,24)(H,21,22,23). The van der Waals surface area contributed by atoms with E-state index in [0.717, 1.165) is 6.07 Å². The maximum Gasteiger partial charge on any atom is 0.270 e. The van der Waals surface area contributed by atoms with Crippen LogP contribution in [0.25, 0.3) is 0 Å². The number of nitrogens with zero attached hydrogens (tertiary/aromatic N) is 1. The van der Waals surface area contributed by atoms with Gasteiger partial charge >= 0.3 is 0 Å². The number of hydrogen-bond acceptors (Lipinski definition) is 4. The molecule has 0 spiro atoms. The largest absolute Gasteiger partial charge is 0.381 e. The van der Waals surface area contributed by atoms with Crippen molar-refractivity contribution < 1.29 is 13.9 Å². The van der Waals surface area contributed by atoms with Gasteiger partial charge in [0.25, 0.3) is 11.5 Å². The molecule has 1 aromatic carbocycles. The summed E-state index contributed by atoms with van der Waals surface area (Å²) in [6.07, 6.45) is 1.21. The number of benzene rings is 1. The molecule has 1 amide bonds. The number of nitrogens with one attached hydrogen (secondary N) is 2. The zero-order valence-electron chi connectivity index (χ0n) is 14.0. The Hall–Kier alpha value is -2.54. The number of ether oxygens (including phenoxy) is 1. The summed E-state index contributed by atoms with van der Waals surface area (Å²) in [5, 5.41) is 2.81. The van der Waals surface area contributed by atoms with Gasteiger partial charge in [-0.05, 0) is 31.4 Å². The van der Waals surface area contributed by atoms with Crippen LogP contribution >= 0.6 is 0 Å². The van der Waals surface area contributed by atoms with Gasteiger partial charge in [0, 0.05) is 31.2 Å². The van der Waals surface area contributed by atoms with Crippen LogP contribution in [0.4, 0.5) is 4.39 Å². The highest BCUT2D eigenvalue weighted by Crippen LogP contribution is 2.35. The van der Waals surface area contributed by atoms with Crippen molar-refractivity contribution >= 4 is 5.91 Å². The Kier molecular flexibility index (Phi) is 4.94. The van der Waals surface area contributed by atoms with E-state index >= 15 is 0 Å². The first kappa shape index (κ1) is 17.3. The molecule has 0 aliphatic carbocycles. The number of aromatic amines is 1. The summed E-state index contributed by atoms with van der Waals surface area (Å²) < 4.78 is 19.8. The van der Waals surface area contributed by atoms with Crippen molar-refractivity contribution in [3.63, 3.8) is 0 Å². The second-order valence-electron chi connectivity index (χ2n) is 6.27. The number of hydrogen-bond donors (Lipinski definition) is 2. The van der Waals surface area contributed by atoms with E-state index in [4.69, 9.17) is 4.74 Å². The Labute approximate surface area is 144 Å². The van der Waals surface area contributed by atoms with E-state index in [1.165, 1.54) is 6.07 Å². The maximum atomic E-state index is 14.4. The van der Waals surface area contributed by atoms with Gasteiger partial charge in [-0.15, -0.1) is 0 Å². The molecule has 2 N–H and O–H groups in total. The fourth-order valence-electron chi connectivity index (χ4n) is 3.23. The monoisotopic (exact) mass is 345 g/mol. The summed E-state index contributed by atoms with van der Waals surface area (Å²) in [7, 11) is 0. The zero-order chi connectivity index (χ0) is 17.9. The van der Waals surface area contributed by atoms with Crippen LogP contribution in [0.15, 0.2) is 35.1 Å². The Morgan fingerprint density at radius 1 is 1.36 bits per heavy atom. The van der Waals surface area contributed by atoms with Crippen molar-refractivity contribution in [3.8, 4) is 0 Å². The zero-order valence-corrected chi connectivity index (χ0v) is 14.0. The fourth-order valence-corrected chi connectivity index (χ4v) is 3.23. The second-order valence-corrected chi connectivity index (χ2v) is 6.27. The molecule has 2 heterocycles. The van der Waals surface area contributed by atoms with Crippen LogP contribution in [-0.2, 0) is 10.2 Å². The molecule has 1 aromatic heterocycles. The third-order valence-electron chi connectivity index (χ3n) is 4.58. The van der Waals surface area contributed by atoms with Crippen molar-refractivity contribution in [2.45, 2.75) is 25.2 Å². The van der Waals surface area contributed by atoms with Gasteiger partial charge in [0.1, 0.15) is 17.3 Å². The fraction of sp³-hybridized carbons (Fsp3) is 0.389. The van der Waals surface area contributed by atoms with Gasteiger partial charge in [-0.25, -0.2) is 9.37 Å². The lowest BCUT2D eigenvalue weighted by Crippen LogP contribution is -2.45. The van der Waals surface area contributed by atoms with E-state index in [9.17, 15) is 14.0 Å². The number of aryl methyl sites for hydroxylation is 1. The molecular weight excluding hydrogens is 325 g/mol. The molecule has 3 rings (SSSR count). The van der Waals surface area contributed by atoms with E-state index in [0.29, 0.717) is 37.4 Å². The first-order valence-corrected chi connectivity index (χ1v) is 8.19. The summed E-state index contributed by atoms with van der Waals surface area (Å²) in [4.78, 5) is 30.5. The van der Waals surface area contributed by atoms with Crippen LogP contribution in [-0.4, -0.2) is 35.6 Å². The minimum atomic E-state index is -0.532. The molecule has 0 saturated carbocycles. The normalized spacial score (nSPS) is 16.4. The van der Waals surface area contributed by atoms with E-state index < -0.39 is 11.3 Å². The van der Waals surface area contributed by atoms with Crippen LogP contribution < -0.4 is 10.9 Å². The van der Waals surface area contributed by atoms with E-state index in [-0.39, 0.29) is 23.6 Å². The van der Waals surface area contributed by atoms with Crippen molar-refractivity contribution in [1.82, 2.24) is 15.3 Å². The number of H-pyrrole nitrogens is 1. The minimum Gasteiger partial charge on any atom is -0.381 e. The maximum absolute atomic E-state index is 14.4. The minimum absolute atomic E-state index is 0.0528. The predicted molar refractivity (Wildman–Crippen MR) is 90.1 cm³/mol. The number of aromatic nitrogens is 2. The van der Waals surface area contributed by atoms with Crippen molar-refractivity contribution in [2.24, 2.45) is 0 Å². The third-order valence-corrected chi connectivity index (χ3v) is 4.58. The predicted octanol–water partition coefficient (Wildman–Crippen LogP) is 1.70. The lowest BCUT2D eigenvalue weighted by Gasteiger charge is -2.38. The molecule has 0 atom stereocenters. The number of amides is 1. The Morgan fingerprint density at radius 3 is 2.76 bits per heavy atom. The van der Waals surface area contributed by atoms with Crippen LogP contribution in [0.3, 0.4) is 0 Å².